The molecule has 0 heterocycles. The number of nitro benzene ring substituents is 1. The molecule has 1 N–H and O–H groups in total. The van der Waals surface area contributed by atoms with E-state index in [1.807, 2.05) is 36.4 Å². The van der Waals surface area contributed by atoms with Crippen LogP contribution in [0.4, 0.5) is 17.1 Å². The first kappa shape index (κ1) is 18.0. The second-order valence-corrected chi connectivity index (χ2v) is 5.38. The molecule has 8 heteroatoms. The Balaban J connectivity index is 2.24. The van der Waals surface area contributed by atoms with Gasteiger partial charge in [-0.3, -0.25) is 14.9 Å². The van der Waals surface area contributed by atoms with Gasteiger partial charge in [0, 0.05) is 31.1 Å². The third-order valence-corrected chi connectivity index (χ3v) is 3.59. The van der Waals surface area contributed by atoms with Crippen LogP contribution >= 0.6 is 11.6 Å². The lowest BCUT2D eigenvalue weighted by molar-refractivity contribution is -0.384. The summed E-state index contributed by atoms with van der Waals surface area (Å²) in [6.45, 7) is 0. The van der Waals surface area contributed by atoms with E-state index in [0.29, 0.717) is 0 Å². The largest absolute Gasteiger partial charge is 0.350 e. The summed E-state index contributed by atoms with van der Waals surface area (Å²) in [4.78, 5) is 24.1. The van der Waals surface area contributed by atoms with Crippen molar-refractivity contribution in [2.45, 2.75) is 0 Å². The third kappa shape index (κ3) is 4.56. The van der Waals surface area contributed by atoms with E-state index in [1.54, 1.807) is 11.9 Å². The summed E-state index contributed by atoms with van der Waals surface area (Å²) >= 11 is 5.94. The molecule has 0 aliphatic heterocycles. The van der Waals surface area contributed by atoms with E-state index in [9.17, 15) is 20.2 Å². The third-order valence-electron chi connectivity index (χ3n) is 3.26. The van der Waals surface area contributed by atoms with E-state index in [-0.39, 0.29) is 22.0 Å². The molecule has 2 rings (SSSR count). The van der Waals surface area contributed by atoms with Crippen molar-refractivity contribution in [1.29, 1.82) is 5.26 Å². The molecule has 0 aliphatic carbocycles. The van der Waals surface area contributed by atoms with Crippen LogP contribution in [0.1, 0.15) is 0 Å². The summed E-state index contributed by atoms with van der Waals surface area (Å²) in [5.41, 5.74) is 0.457. The Morgan fingerprint density at radius 1 is 1.32 bits per heavy atom. The first-order valence-electron chi connectivity index (χ1n) is 7.07. The van der Waals surface area contributed by atoms with Crippen LogP contribution in [0.3, 0.4) is 0 Å². The Labute approximate surface area is 148 Å². The lowest BCUT2D eigenvalue weighted by Crippen LogP contribution is -2.18. The number of nitrogens with one attached hydrogen (secondary N) is 1. The normalized spacial score (nSPS) is 10.7. The average molecular weight is 357 g/mol. The fraction of sp³-hybridized carbons (Fsp3) is 0.0588. The fourth-order valence-corrected chi connectivity index (χ4v) is 2.15. The van der Waals surface area contributed by atoms with Gasteiger partial charge in [-0.05, 0) is 18.2 Å². The van der Waals surface area contributed by atoms with Crippen molar-refractivity contribution in [2.24, 2.45) is 0 Å². The maximum atomic E-state index is 12.3. The van der Waals surface area contributed by atoms with E-state index in [4.69, 9.17) is 11.6 Å². The molecule has 0 aromatic heterocycles. The van der Waals surface area contributed by atoms with Crippen molar-refractivity contribution in [3.63, 3.8) is 0 Å². The highest BCUT2D eigenvalue weighted by Gasteiger charge is 2.15. The van der Waals surface area contributed by atoms with Crippen LogP contribution in [0, 0.1) is 21.4 Å². The van der Waals surface area contributed by atoms with Crippen molar-refractivity contribution in [3.05, 3.63) is 75.4 Å². The quantitative estimate of drug-likeness (QED) is 0.381. The number of anilines is 2. The van der Waals surface area contributed by atoms with Gasteiger partial charge >= 0.3 is 0 Å². The lowest BCUT2D eigenvalue weighted by atomic mass is 10.2. The van der Waals surface area contributed by atoms with E-state index in [1.165, 1.54) is 18.3 Å². The second kappa shape index (κ2) is 7.95. The zero-order valence-corrected chi connectivity index (χ0v) is 13.9. The molecule has 0 spiro atoms. The number of carbonyl (C=O) groups excluding carboxylic acids is 1. The van der Waals surface area contributed by atoms with Gasteiger partial charge in [0.05, 0.1) is 15.6 Å². The molecular formula is C17H13ClN4O3. The van der Waals surface area contributed by atoms with Gasteiger partial charge in [-0.2, -0.15) is 5.26 Å². The molecule has 0 unspecified atom stereocenters. The van der Waals surface area contributed by atoms with E-state index in [2.05, 4.69) is 5.32 Å². The van der Waals surface area contributed by atoms with Crippen molar-refractivity contribution < 1.29 is 9.72 Å². The van der Waals surface area contributed by atoms with Gasteiger partial charge in [0.1, 0.15) is 11.6 Å². The number of nitro groups is 1. The number of carbonyl (C=O) groups is 1. The number of hydrogen-bond acceptors (Lipinski definition) is 5. The van der Waals surface area contributed by atoms with Crippen LogP contribution in [0.15, 0.2) is 60.3 Å². The van der Waals surface area contributed by atoms with Crippen LogP contribution in [-0.4, -0.2) is 17.9 Å². The predicted molar refractivity (Wildman–Crippen MR) is 95.3 cm³/mol. The molecule has 7 nitrogen and oxygen atoms in total. The number of nitriles is 1. The monoisotopic (exact) mass is 356 g/mol. The average Bonchev–Trinajstić information content (AvgIpc) is 2.61. The van der Waals surface area contributed by atoms with Gasteiger partial charge in [-0.1, -0.05) is 29.8 Å². The number of halogens is 1. The Kier molecular flexibility index (Phi) is 5.71. The van der Waals surface area contributed by atoms with E-state index >= 15 is 0 Å². The SMILES string of the molecule is CN(/C=C(/C#N)C(=O)Nc1cc([N+](=O)[O-])ccc1Cl)c1ccccc1. The van der Waals surface area contributed by atoms with Crippen LogP contribution in [-0.2, 0) is 4.79 Å². The highest BCUT2D eigenvalue weighted by atomic mass is 35.5. The van der Waals surface area contributed by atoms with Gasteiger partial charge in [0.2, 0.25) is 0 Å². The molecule has 0 saturated heterocycles. The molecule has 25 heavy (non-hydrogen) atoms. The zero-order valence-electron chi connectivity index (χ0n) is 13.1. The van der Waals surface area contributed by atoms with Gasteiger partial charge in [-0.15, -0.1) is 0 Å². The van der Waals surface area contributed by atoms with Crippen molar-refractivity contribution >= 4 is 34.6 Å². The minimum Gasteiger partial charge on any atom is -0.350 e. The van der Waals surface area contributed by atoms with Crippen LogP contribution in [0.2, 0.25) is 5.02 Å². The van der Waals surface area contributed by atoms with Crippen molar-refractivity contribution in [2.75, 3.05) is 17.3 Å². The molecule has 0 fully saturated rings. The molecule has 1 amide bonds. The highest BCUT2D eigenvalue weighted by Crippen LogP contribution is 2.27. The topological polar surface area (TPSA) is 99.3 Å². The standard InChI is InChI=1S/C17H13ClN4O3/c1-21(13-5-3-2-4-6-13)11-12(10-19)17(23)20-16-9-14(22(24)25)7-8-15(16)18/h2-9,11H,1H3,(H,20,23)/b12-11-. The Hall–Kier alpha value is -3.37. The molecule has 2 aromatic rings. The van der Waals surface area contributed by atoms with Gasteiger partial charge < -0.3 is 10.2 Å². The van der Waals surface area contributed by atoms with Crippen LogP contribution in [0.5, 0.6) is 0 Å². The molecule has 0 bridgehead atoms. The van der Waals surface area contributed by atoms with Crippen molar-refractivity contribution in [1.82, 2.24) is 0 Å². The number of nitrogens with zero attached hydrogens (tertiary/aromatic N) is 3. The zero-order chi connectivity index (χ0) is 18.4. The minimum absolute atomic E-state index is 0.0596. The van der Waals surface area contributed by atoms with Crippen LogP contribution in [0.25, 0.3) is 0 Å². The number of non-ortho nitro benzene ring substituents is 1. The summed E-state index contributed by atoms with van der Waals surface area (Å²) in [5.74, 6) is -0.715. The first-order valence-corrected chi connectivity index (χ1v) is 7.45. The second-order valence-electron chi connectivity index (χ2n) is 4.98. The Morgan fingerprint density at radius 3 is 2.60 bits per heavy atom. The van der Waals surface area contributed by atoms with Gasteiger partial charge in [0.15, 0.2) is 0 Å². The van der Waals surface area contributed by atoms with E-state index in [0.717, 1.165) is 11.8 Å². The van der Waals surface area contributed by atoms with Crippen LogP contribution < -0.4 is 10.2 Å². The molecule has 0 saturated carbocycles. The summed E-state index contributed by atoms with van der Waals surface area (Å²) in [6.07, 6.45) is 1.37. The number of amides is 1. The lowest BCUT2D eigenvalue weighted by Gasteiger charge is -2.14. The number of rotatable bonds is 5. The Bertz CT molecular complexity index is 875. The molecular weight excluding hydrogens is 344 g/mol. The molecule has 0 aliphatic rings. The number of para-hydroxylation sites is 1. The van der Waals surface area contributed by atoms with Gasteiger partial charge in [-0.25, -0.2) is 0 Å². The summed E-state index contributed by atoms with van der Waals surface area (Å²) in [5, 5.41) is 22.6. The maximum Gasteiger partial charge on any atom is 0.271 e. The number of benzene rings is 2. The first-order chi connectivity index (χ1) is 11.9. The maximum absolute atomic E-state index is 12.3. The Morgan fingerprint density at radius 2 is 2.00 bits per heavy atom. The summed E-state index contributed by atoms with van der Waals surface area (Å²) < 4.78 is 0. The van der Waals surface area contributed by atoms with Gasteiger partial charge in [0.25, 0.3) is 11.6 Å². The molecule has 0 radical (unpaired) electrons. The smallest absolute Gasteiger partial charge is 0.271 e. The highest BCUT2D eigenvalue weighted by molar-refractivity contribution is 6.34. The number of hydrogen-bond donors (Lipinski definition) is 1. The summed E-state index contributed by atoms with van der Waals surface area (Å²) in [6, 6.07) is 14.6. The predicted octanol–water partition coefficient (Wildman–Crippen LogP) is 3.73. The molecule has 126 valence electrons. The fourth-order valence-electron chi connectivity index (χ4n) is 1.98. The molecule has 2 aromatic carbocycles. The van der Waals surface area contributed by atoms with Crippen molar-refractivity contribution in [3.8, 4) is 6.07 Å². The molecule has 0 atom stereocenters. The summed E-state index contributed by atoms with van der Waals surface area (Å²) in [7, 11) is 1.69. The minimum atomic E-state index is -0.715. The van der Waals surface area contributed by atoms with E-state index < -0.39 is 10.8 Å².